The molecule has 0 unspecified atom stereocenters. The Morgan fingerprint density at radius 3 is 2.69 bits per heavy atom. The van der Waals surface area contributed by atoms with Gasteiger partial charge < -0.3 is 10.1 Å². The maximum atomic E-state index is 12.4. The van der Waals surface area contributed by atoms with Gasteiger partial charge >= 0.3 is 0 Å². The minimum atomic E-state index is -0.212. The number of benzene rings is 2. The molecular weight excluding hydrogens is 360 g/mol. The van der Waals surface area contributed by atoms with Crippen LogP contribution < -0.4 is 10.1 Å². The Morgan fingerprint density at radius 1 is 1.07 bits per heavy atom. The smallest absolute Gasteiger partial charge is 0.262 e. The molecule has 0 aliphatic carbocycles. The van der Waals surface area contributed by atoms with Crippen molar-refractivity contribution < 1.29 is 9.53 Å². The van der Waals surface area contributed by atoms with Crippen LogP contribution in [-0.4, -0.2) is 17.5 Å². The molecule has 1 aromatic heterocycles. The third-order valence-electron chi connectivity index (χ3n) is 4.30. The number of hydrogen-bond acceptors (Lipinski definition) is 3. The lowest BCUT2D eigenvalue weighted by Crippen LogP contribution is -2.20. The second kappa shape index (κ2) is 9.57. The fourth-order valence-corrected chi connectivity index (χ4v) is 2.83. The van der Waals surface area contributed by atoms with Crippen molar-refractivity contribution in [1.82, 2.24) is 4.98 Å². The lowest BCUT2D eigenvalue weighted by molar-refractivity contribution is -0.118. The van der Waals surface area contributed by atoms with Crippen molar-refractivity contribution in [3.8, 4) is 17.6 Å². The standard InChI is InChI=1S/C25H24N2O2/c1-18(2)23-13-10-19(3)15-24(23)29-17-25(28)27-22-9-6-7-20(16-22)11-12-21-8-4-5-14-26-21/h4-10,13-16,18H,17H2,1-3H3,(H,27,28). The highest BCUT2D eigenvalue weighted by atomic mass is 16.5. The average Bonchev–Trinajstić information content (AvgIpc) is 2.71. The summed E-state index contributed by atoms with van der Waals surface area (Å²) in [5.41, 5.74) is 4.38. The van der Waals surface area contributed by atoms with Gasteiger partial charge in [0.25, 0.3) is 5.91 Å². The van der Waals surface area contributed by atoms with Gasteiger partial charge in [-0.15, -0.1) is 0 Å². The van der Waals surface area contributed by atoms with Crippen LogP contribution in [0.15, 0.2) is 66.9 Å². The number of hydrogen-bond donors (Lipinski definition) is 1. The predicted molar refractivity (Wildman–Crippen MR) is 116 cm³/mol. The summed E-state index contributed by atoms with van der Waals surface area (Å²) >= 11 is 0. The first kappa shape index (κ1) is 20.2. The molecule has 0 spiro atoms. The van der Waals surface area contributed by atoms with Gasteiger partial charge in [0.15, 0.2) is 6.61 Å². The predicted octanol–water partition coefficient (Wildman–Crippen LogP) is 4.93. The fraction of sp³-hybridized carbons (Fsp3) is 0.200. The average molecular weight is 384 g/mol. The second-order valence-electron chi connectivity index (χ2n) is 7.08. The van der Waals surface area contributed by atoms with Crippen molar-refractivity contribution in [2.24, 2.45) is 0 Å². The van der Waals surface area contributed by atoms with Crippen molar-refractivity contribution in [2.45, 2.75) is 26.7 Å². The molecule has 29 heavy (non-hydrogen) atoms. The van der Waals surface area contributed by atoms with E-state index in [-0.39, 0.29) is 12.5 Å². The van der Waals surface area contributed by atoms with E-state index < -0.39 is 0 Å². The zero-order chi connectivity index (χ0) is 20.6. The van der Waals surface area contributed by atoms with Crippen LogP contribution in [0, 0.1) is 18.8 Å². The highest BCUT2D eigenvalue weighted by Crippen LogP contribution is 2.27. The van der Waals surface area contributed by atoms with E-state index in [0.29, 0.717) is 17.3 Å². The summed E-state index contributed by atoms with van der Waals surface area (Å²) in [6.45, 7) is 6.17. The molecule has 146 valence electrons. The zero-order valence-corrected chi connectivity index (χ0v) is 16.9. The Morgan fingerprint density at radius 2 is 1.93 bits per heavy atom. The van der Waals surface area contributed by atoms with E-state index in [2.05, 4.69) is 48.1 Å². The molecule has 4 heteroatoms. The Labute approximate surface area is 172 Å². The van der Waals surface area contributed by atoms with Gasteiger partial charge in [-0.2, -0.15) is 0 Å². The van der Waals surface area contributed by atoms with Gasteiger partial charge in [0.2, 0.25) is 0 Å². The number of amides is 1. The fourth-order valence-electron chi connectivity index (χ4n) is 2.83. The number of nitrogens with zero attached hydrogens (tertiary/aromatic N) is 1. The van der Waals surface area contributed by atoms with Crippen LogP contribution in [0.2, 0.25) is 0 Å². The molecule has 1 amide bonds. The van der Waals surface area contributed by atoms with Crippen LogP contribution in [0.3, 0.4) is 0 Å². The van der Waals surface area contributed by atoms with Gasteiger partial charge in [0.1, 0.15) is 11.4 Å². The first-order valence-electron chi connectivity index (χ1n) is 9.57. The maximum Gasteiger partial charge on any atom is 0.262 e. The lowest BCUT2D eigenvalue weighted by atomic mass is 10.0. The maximum absolute atomic E-state index is 12.4. The number of pyridine rings is 1. The number of carbonyl (C=O) groups excluding carboxylic acids is 1. The first-order valence-corrected chi connectivity index (χ1v) is 9.57. The number of aromatic nitrogens is 1. The molecule has 0 atom stereocenters. The summed E-state index contributed by atoms with van der Waals surface area (Å²) in [7, 11) is 0. The van der Waals surface area contributed by atoms with E-state index in [4.69, 9.17) is 4.74 Å². The van der Waals surface area contributed by atoms with Gasteiger partial charge in [-0.1, -0.05) is 44.0 Å². The number of carbonyl (C=O) groups is 1. The molecule has 0 fully saturated rings. The molecule has 1 heterocycles. The molecule has 0 saturated carbocycles. The molecule has 1 N–H and O–H groups in total. The highest BCUT2D eigenvalue weighted by molar-refractivity contribution is 5.92. The third-order valence-corrected chi connectivity index (χ3v) is 4.30. The quantitative estimate of drug-likeness (QED) is 0.635. The monoisotopic (exact) mass is 384 g/mol. The summed E-state index contributed by atoms with van der Waals surface area (Å²) in [6.07, 6.45) is 1.71. The Bertz CT molecular complexity index is 1050. The summed E-state index contributed by atoms with van der Waals surface area (Å²) in [4.78, 5) is 16.5. The molecule has 4 nitrogen and oxygen atoms in total. The number of anilines is 1. The SMILES string of the molecule is Cc1ccc(C(C)C)c(OCC(=O)Nc2cccc(C#Cc3ccccn3)c2)c1. The molecule has 0 saturated heterocycles. The van der Waals surface area contributed by atoms with Crippen LogP contribution in [-0.2, 0) is 4.79 Å². The van der Waals surface area contributed by atoms with Gasteiger partial charge in [0, 0.05) is 17.4 Å². The van der Waals surface area contributed by atoms with E-state index in [1.165, 1.54) is 0 Å². The van der Waals surface area contributed by atoms with Crippen molar-refractivity contribution in [3.05, 3.63) is 89.2 Å². The molecular formula is C25H24N2O2. The van der Waals surface area contributed by atoms with Gasteiger partial charge in [-0.3, -0.25) is 4.79 Å². The summed E-state index contributed by atoms with van der Waals surface area (Å²) in [5, 5.41) is 2.87. The summed E-state index contributed by atoms with van der Waals surface area (Å²) < 4.78 is 5.80. The van der Waals surface area contributed by atoms with Gasteiger partial charge in [0.05, 0.1) is 0 Å². The number of rotatable bonds is 5. The molecule has 0 radical (unpaired) electrons. The van der Waals surface area contributed by atoms with Gasteiger partial charge in [-0.25, -0.2) is 4.98 Å². The second-order valence-corrected chi connectivity index (χ2v) is 7.08. The van der Waals surface area contributed by atoms with Crippen LogP contribution in [0.5, 0.6) is 5.75 Å². The minimum Gasteiger partial charge on any atom is -0.483 e. The molecule has 2 aromatic carbocycles. The normalized spacial score (nSPS) is 10.2. The largest absolute Gasteiger partial charge is 0.483 e. The number of aryl methyl sites for hydroxylation is 1. The van der Waals surface area contributed by atoms with Crippen molar-refractivity contribution in [3.63, 3.8) is 0 Å². The Kier molecular flexibility index (Phi) is 6.65. The summed E-state index contributed by atoms with van der Waals surface area (Å²) in [6, 6.07) is 19.1. The van der Waals surface area contributed by atoms with Gasteiger partial charge in [-0.05, 0) is 66.3 Å². The molecule has 0 aliphatic rings. The molecule has 3 rings (SSSR count). The van der Waals surface area contributed by atoms with Crippen molar-refractivity contribution in [1.29, 1.82) is 0 Å². The molecule has 0 bridgehead atoms. The Balaban J connectivity index is 1.63. The Hall–Kier alpha value is -3.58. The first-order chi connectivity index (χ1) is 14.0. The topological polar surface area (TPSA) is 51.2 Å². The van der Waals surface area contributed by atoms with Crippen LogP contribution in [0.4, 0.5) is 5.69 Å². The van der Waals surface area contributed by atoms with Crippen LogP contribution >= 0.6 is 0 Å². The minimum absolute atomic E-state index is 0.0486. The summed E-state index contributed by atoms with van der Waals surface area (Å²) in [5.74, 6) is 6.94. The van der Waals surface area contributed by atoms with E-state index >= 15 is 0 Å². The van der Waals surface area contributed by atoms with Crippen molar-refractivity contribution >= 4 is 11.6 Å². The van der Waals surface area contributed by atoms with Crippen LogP contribution in [0.25, 0.3) is 0 Å². The third kappa shape index (κ3) is 5.95. The lowest BCUT2D eigenvalue weighted by Gasteiger charge is -2.15. The van der Waals surface area contributed by atoms with E-state index in [1.807, 2.05) is 55.5 Å². The van der Waals surface area contributed by atoms with Crippen LogP contribution in [0.1, 0.15) is 42.1 Å². The van der Waals surface area contributed by atoms with E-state index in [0.717, 1.165) is 22.4 Å². The van der Waals surface area contributed by atoms with Crippen molar-refractivity contribution in [2.75, 3.05) is 11.9 Å². The highest BCUT2D eigenvalue weighted by Gasteiger charge is 2.10. The van der Waals surface area contributed by atoms with E-state index in [9.17, 15) is 4.79 Å². The number of ether oxygens (including phenoxy) is 1. The molecule has 3 aromatic rings. The van der Waals surface area contributed by atoms with E-state index in [1.54, 1.807) is 6.20 Å². The zero-order valence-electron chi connectivity index (χ0n) is 16.9. The number of nitrogens with one attached hydrogen (secondary N) is 1. The molecule has 0 aliphatic heterocycles.